The summed E-state index contributed by atoms with van der Waals surface area (Å²) in [5, 5.41) is 10.4. The van der Waals surface area contributed by atoms with Gasteiger partial charge in [-0.05, 0) is 24.1 Å². The van der Waals surface area contributed by atoms with E-state index in [9.17, 15) is 5.11 Å². The number of unbranched alkanes of at least 4 members (excludes halogenated alkanes) is 7. The minimum atomic E-state index is -0.514. The molecule has 0 aromatic heterocycles. The van der Waals surface area contributed by atoms with Gasteiger partial charge in [0.1, 0.15) is 18.0 Å². The van der Waals surface area contributed by atoms with E-state index in [4.69, 9.17) is 9.47 Å². The van der Waals surface area contributed by atoms with Gasteiger partial charge in [-0.3, -0.25) is 0 Å². The number of hydrogen-bond acceptors (Lipinski definition) is 3. The first-order valence-electron chi connectivity index (χ1n) is 9.23. The molecule has 0 radical (unpaired) electrons. The standard InChI is InChI=1S/C20H32O3/c1-3-4-5-6-7-8-9-10-11-18-20(23-18)19(21)16-12-14-17(22-2)15-13-16/h12-15,18-21H,3-11H2,1-2H3/t18-,19+,20+/m1/s1. The van der Waals surface area contributed by atoms with Crippen LogP contribution in [0.3, 0.4) is 0 Å². The largest absolute Gasteiger partial charge is 0.497 e. The first-order valence-corrected chi connectivity index (χ1v) is 9.23. The van der Waals surface area contributed by atoms with E-state index in [1.165, 1.54) is 51.4 Å². The molecule has 23 heavy (non-hydrogen) atoms. The second kappa shape index (κ2) is 9.94. The van der Waals surface area contributed by atoms with E-state index in [-0.39, 0.29) is 12.2 Å². The number of benzene rings is 1. The maximum Gasteiger partial charge on any atom is 0.118 e. The van der Waals surface area contributed by atoms with E-state index in [2.05, 4.69) is 6.92 Å². The molecule has 2 rings (SSSR count). The van der Waals surface area contributed by atoms with Crippen molar-refractivity contribution in [3.8, 4) is 5.75 Å². The highest BCUT2D eigenvalue weighted by atomic mass is 16.6. The maximum atomic E-state index is 10.4. The average Bonchev–Trinajstić information content (AvgIpc) is 3.36. The lowest BCUT2D eigenvalue weighted by atomic mass is 10.0. The van der Waals surface area contributed by atoms with Crippen LogP contribution in [0.15, 0.2) is 24.3 Å². The Hall–Kier alpha value is -1.06. The number of hydrogen-bond donors (Lipinski definition) is 1. The van der Waals surface area contributed by atoms with Gasteiger partial charge in [-0.2, -0.15) is 0 Å². The predicted octanol–water partition coefficient (Wildman–Crippen LogP) is 5.03. The highest BCUT2D eigenvalue weighted by Crippen LogP contribution is 2.37. The summed E-state index contributed by atoms with van der Waals surface area (Å²) in [4.78, 5) is 0. The molecule has 1 heterocycles. The molecule has 3 heteroatoms. The van der Waals surface area contributed by atoms with Crippen molar-refractivity contribution < 1.29 is 14.6 Å². The van der Waals surface area contributed by atoms with E-state index in [1.807, 2.05) is 24.3 Å². The summed E-state index contributed by atoms with van der Waals surface area (Å²) in [7, 11) is 1.65. The van der Waals surface area contributed by atoms with Crippen molar-refractivity contribution in [2.24, 2.45) is 0 Å². The molecular formula is C20H32O3. The lowest BCUT2D eigenvalue weighted by Crippen LogP contribution is -2.08. The molecular weight excluding hydrogens is 288 g/mol. The fraction of sp³-hybridized carbons (Fsp3) is 0.700. The van der Waals surface area contributed by atoms with Gasteiger partial charge in [-0.15, -0.1) is 0 Å². The van der Waals surface area contributed by atoms with Crippen LogP contribution in [-0.4, -0.2) is 24.4 Å². The van der Waals surface area contributed by atoms with Gasteiger partial charge < -0.3 is 14.6 Å². The third kappa shape index (κ3) is 6.15. The van der Waals surface area contributed by atoms with E-state index in [0.29, 0.717) is 0 Å². The Morgan fingerprint density at radius 1 is 1.00 bits per heavy atom. The zero-order chi connectivity index (χ0) is 16.5. The molecule has 0 bridgehead atoms. The minimum Gasteiger partial charge on any atom is -0.497 e. The molecule has 1 aromatic carbocycles. The lowest BCUT2D eigenvalue weighted by Gasteiger charge is -2.09. The van der Waals surface area contributed by atoms with Crippen molar-refractivity contribution in [1.82, 2.24) is 0 Å². The van der Waals surface area contributed by atoms with Gasteiger partial charge >= 0.3 is 0 Å². The van der Waals surface area contributed by atoms with Gasteiger partial charge in [0.25, 0.3) is 0 Å². The van der Waals surface area contributed by atoms with Crippen LogP contribution in [-0.2, 0) is 4.74 Å². The number of aliphatic hydroxyl groups excluding tert-OH is 1. The number of epoxide rings is 1. The van der Waals surface area contributed by atoms with Crippen molar-refractivity contribution in [3.05, 3.63) is 29.8 Å². The summed E-state index contributed by atoms with van der Waals surface area (Å²) in [5.74, 6) is 0.813. The van der Waals surface area contributed by atoms with Gasteiger partial charge in [0.2, 0.25) is 0 Å². The molecule has 0 saturated carbocycles. The molecule has 0 aliphatic carbocycles. The monoisotopic (exact) mass is 320 g/mol. The molecule has 1 saturated heterocycles. The molecule has 3 atom stereocenters. The molecule has 0 spiro atoms. The van der Waals surface area contributed by atoms with Gasteiger partial charge in [0, 0.05) is 0 Å². The molecule has 1 N–H and O–H groups in total. The smallest absolute Gasteiger partial charge is 0.118 e. The Morgan fingerprint density at radius 2 is 1.61 bits per heavy atom. The van der Waals surface area contributed by atoms with Crippen LogP contribution in [0.25, 0.3) is 0 Å². The lowest BCUT2D eigenvalue weighted by molar-refractivity contribution is 0.136. The summed E-state index contributed by atoms with van der Waals surface area (Å²) < 4.78 is 10.8. The van der Waals surface area contributed by atoms with Crippen molar-refractivity contribution in [3.63, 3.8) is 0 Å². The molecule has 130 valence electrons. The van der Waals surface area contributed by atoms with Crippen LogP contribution in [0.5, 0.6) is 5.75 Å². The minimum absolute atomic E-state index is 0.0204. The van der Waals surface area contributed by atoms with E-state index < -0.39 is 6.10 Å². The van der Waals surface area contributed by atoms with E-state index >= 15 is 0 Å². The fourth-order valence-electron chi connectivity index (χ4n) is 3.14. The van der Waals surface area contributed by atoms with Crippen LogP contribution in [0.1, 0.15) is 76.4 Å². The summed E-state index contributed by atoms with van der Waals surface area (Å²) in [6, 6.07) is 7.60. The molecule has 1 aromatic rings. The molecule has 3 nitrogen and oxygen atoms in total. The number of rotatable bonds is 12. The Labute approximate surface area is 141 Å². The summed E-state index contributed by atoms with van der Waals surface area (Å²) in [6.45, 7) is 2.26. The quantitative estimate of drug-likeness (QED) is 0.434. The molecule has 0 amide bonds. The Balaban J connectivity index is 1.56. The average molecular weight is 320 g/mol. The van der Waals surface area contributed by atoms with Crippen molar-refractivity contribution >= 4 is 0 Å². The van der Waals surface area contributed by atoms with Crippen LogP contribution in [0, 0.1) is 0 Å². The maximum absolute atomic E-state index is 10.4. The van der Waals surface area contributed by atoms with Crippen LogP contribution < -0.4 is 4.74 Å². The molecule has 1 aliphatic rings. The molecule has 1 aliphatic heterocycles. The normalized spacial score (nSPS) is 21.2. The van der Waals surface area contributed by atoms with E-state index in [0.717, 1.165) is 17.7 Å². The SMILES string of the molecule is CCCCCCCCCC[C@H]1O[C@@H]1[C@@H](O)c1ccc(OC)cc1. The third-order valence-electron chi connectivity index (χ3n) is 4.73. The van der Waals surface area contributed by atoms with Crippen LogP contribution in [0.2, 0.25) is 0 Å². The highest BCUT2D eigenvalue weighted by Gasteiger charge is 2.44. The first kappa shape index (κ1) is 18.3. The Morgan fingerprint density at radius 3 is 2.22 bits per heavy atom. The topological polar surface area (TPSA) is 42.0 Å². The first-order chi connectivity index (χ1) is 11.3. The van der Waals surface area contributed by atoms with Gasteiger partial charge in [0.05, 0.1) is 13.2 Å². The number of methoxy groups -OCH3 is 1. The van der Waals surface area contributed by atoms with Crippen LogP contribution >= 0.6 is 0 Å². The van der Waals surface area contributed by atoms with Crippen molar-refractivity contribution in [1.29, 1.82) is 0 Å². The highest BCUT2D eigenvalue weighted by molar-refractivity contribution is 5.29. The van der Waals surface area contributed by atoms with Gasteiger partial charge in [0.15, 0.2) is 0 Å². The molecule has 0 unspecified atom stereocenters. The van der Waals surface area contributed by atoms with Gasteiger partial charge in [-0.25, -0.2) is 0 Å². The zero-order valence-corrected chi connectivity index (χ0v) is 14.7. The second-order valence-electron chi connectivity index (χ2n) is 6.62. The summed E-state index contributed by atoms with van der Waals surface area (Å²) >= 11 is 0. The number of aliphatic hydroxyl groups is 1. The van der Waals surface area contributed by atoms with E-state index in [1.54, 1.807) is 7.11 Å². The Bertz CT molecular complexity index is 429. The number of ether oxygens (including phenoxy) is 2. The third-order valence-corrected chi connectivity index (χ3v) is 4.73. The predicted molar refractivity (Wildman–Crippen MR) is 93.8 cm³/mol. The summed E-state index contributed by atoms with van der Waals surface area (Å²) in [6.07, 6.45) is 11.4. The van der Waals surface area contributed by atoms with Gasteiger partial charge in [-0.1, -0.05) is 70.4 Å². The fourth-order valence-corrected chi connectivity index (χ4v) is 3.14. The Kier molecular flexibility index (Phi) is 7.90. The van der Waals surface area contributed by atoms with Crippen LogP contribution in [0.4, 0.5) is 0 Å². The van der Waals surface area contributed by atoms with Crippen molar-refractivity contribution in [2.75, 3.05) is 7.11 Å². The summed E-state index contributed by atoms with van der Waals surface area (Å²) in [5.41, 5.74) is 0.911. The molecule has 1 fully saturated rings. The van der Waals surface area contributed by atoms with Crippen molar-refractivity contribution in [2.45, 2.75) is 83.0 Å². The zero-order valence-electron chi connectivity index (χ0n) is 14.7. The second-order valence-corrected chi connectivity index (χ2v) is 6.62.